The van der Waals surface area contributed by atoms with Gasteiger partial charge in [-0.1, -0.05) is 6.92 Å². The van der Waals surface area contributed by atoms with E-state index in [4.69, 9.17) is 0 Å². The van der Waals surface area contributed by atoms with E-state index in [9.17, 15) is 0 Å². The molecule has 0 radical (unpaired) electrons. The third kappa shape index (κ3) is 2.69. The predicted molar refractivity (Wildman–Crippen MR) is 63.1 cm³/mol. The molecule has 3 nitrogen and oxygen atoms in total. The fourth-order valence-electron chi connectivity index (χ4n) is 1.23. The van der Waals surface area contributed by atoms with Gasteiger partial charge in [0, 0.05) is 25.0 Å². The van der Waals surface area contributed by atoms with Gasteiger partial charge in [-0.25, -0.2) is 4.98 Å². The Bertz CT molecular complexity index is 272. The number of thiazole rings is 1. The summed E-state index contributed by atoms with van der Waals surface area (Å²) in [5.74, 6) is 0. The van der Waals surface area contributed by atoms with E-state index < -0.39 is 0 Å². The van der Waals surface area contributed by atoms with Crippen LogP contribution in [-0.4, -0.2) is 25.6 Å². The number of nitrogens with zero attached hydrogens (tertiary/aromatic N) is 2. The first-order valence-electron chi connectivity index (χ1n) is 5.02. The second-order valence-electron chi connectivity index (χ2n) is 3.49. The molecule has 0 amide bonds. The van der Waals surface area contributed by atoms with Gasteiger partial charge in [0.15, 0.2) is 5.13 Å². The second-order valence-corrected chi connectivity index (χ2v) is 4.32. The van der Waals surface area contributed by atoms with Crippen molar-refractivity contribution in [2.45, 2.75) is 26.3 Å². The Morgan fingerprint density at radius 1 is 1.64 bits per heavy atom. The van der Waals surface area contributed by atoms with E-state index >= 15 is 0 Å². The van der Waals surface area contributed by atoms with Crippen molar-refractivity contribution >= 4 is 16.5 Å². The van der Waals surface area contributed by atoms with Crippen molar-refractivity contribution in [3.63, 3.8) is 0 Å². The Labute approximate surface area is 90.2 Å². The zero-order valence-electron chi connectivity index (χ0n) is 9.37. The van der Waals surface area contributed by atoms with Crippen molar-refractivity contribution < 1.29 is 0 Å². The summed E-state index contributed by atoms with van der Waals surface area (Å²) in [5, 5.41) is 6.43. The highest BCUT2D eigenvalue weighted by Gasteiger charge is 2.09. The Hall–Kier alpha value is -0.610. The normalized spacial score (nSPS) is 12.9. The molecule has 1 aromatic rings. The summed E-state index contributed by atoms with van der Waals surface area (Å²) in [6, 6.07) is 0.343. The molecule has 0 spiro atoms. The van der Waals surface area contributed by atoms with Crippen LogP contribution in [0.2, 0.25) is 0 Å². The average Bonchev–Trinajstić information content (AvgIpc) is 2.66. The van der Waals surface area contributed by atoms with Gasteiger partial charge in [0.25, 0.3) is 0 Å². The molecule has 80 valence electrons. The first-order chi connectivity index (χ1) is 6.69. The van der Waals surface area contributed by atoms with Crippen LogP contribution < -0.4 is 10.2 Å². The van der Waals surface area contributed by atoms with E-state index in [0.717, 1.165) is 23.8 Å². The minimum Gasteiger partial charge on any atom is -0.351 e. The van der Waals surface area contributed by atoms with Gasteiger partial charge in [-0.2, -0.15) is 0 Å². The first-order valence-corrected chi connectivity index (χ1v) is 5.90. The van der Waals surface area contributed by atoms with Gasteiger partial charge in [-0.15, -0.1) is 11.3 Å². The van der Waals surface area contributed by atoms with Crippen molar-refractivity contribution in [1.82, 2.24) is 10.3 Å². The smallest absolute Gasteiger partial charge is 0.185 e. The molecule has 0 aliphatic heterocycles. The molecule has 0 saturated carbocycles. The number of nitrogens with one attached hydrogen (secondary N) is 1. The van der Waals surface area contributed by atoms with Crippen LogP contribution in [0.3, 0.4) is 0 Å². The number of anilines is 1. The number of hydrogen-bond donors (Lipinski definition) is 1. The summed E-state index contributed by atoms with van der Waals surface area (Å²) >= 11 is 1.72. The molecule has 1 aromatic heterocycles. The minimum atomic E-state index is 0.343. The summed E-state index contributed by atoms with van der Waals surface area (Å²) < 4.78 is 0. The molecule has 1 N–H and O–H groups in total. The van der Waals surface area contributed by atoms with Crippen LogP contribution in [0.25, 0.3) is 0 Å². The third-order valence-electron chi connectivity index (χ3n) is 2.27. The van der Waals surface area contributed by atoms with E-state index in [1.165, 1.54) is 0 Å². The monoisotopic (exact) mass is 213 g/mol. The van der Waals surface area contributed by atoms with Crippen molar-refractivity contribution in [1.29, 1.82) is 0 Å². The van der Waals surface area contributed by atoms with Crippen molar-refractivity contribution in [2.75, 3.05) is 25.5 Å². The summed E-state index contributed by atoms with van der Waals surface area (Å²) in [7, 11) is 4.05. The van der Waals surface area contributed by atoms with Gasteiger partial charge in [-0.05, 0) is 20.4 Å². The quantitative estimate of drug-likeness (QED) is 0.813. The van der Waals surface area contributed by atoms with E-state index in [-0.39, 0.29) is 0 Å². The van der Waals surface area contributed by atoms with E-state index in [0.29, 0.717) is 6.04 Å². The maximum Gasteiger partial charge on any atom is 0.185 e. The average molecular weight is 213 g/mol. The summed E-state index contributed by atoms with van der Waals surface area (Å²) in [5.41, 5.74) is 1.13. The second kappa shape index (κ2) is 5.32. The molecule has 4 heteroatoms. The largest absolute Gasteiger partial charge is 0.351 e. The van der Waals surface area contributed by atoms with Crippen molar-refractivity contribution in [3.05, 3.63) is 11.1 Å². The summed E-state index contributed by atoms with van der Waals surface area (Å²) in [4.78, 5) is 6.79. The topological polar surface area (TPSA) is 28.2 Å². The van der Waals surface area contributed by atoms with Gasteiger partial charge >= 0.3 is 0 Å². The third-order valence-corrected chi connectivity index (χ3v) is 3.25. The van der Waals surface area contributed by atoms with Crippen molar-refractivity contribution in [3.8, 4) is 0 Å². The molecule has 0 saturated heterocycles. The maximum absolute atomic E-state index is 4.58. The Morgan fingerprint density at radius 3 is 2.93 bits per heavy atom. The molecule has 1 rings (SSSR count). The molecule has 0 fully saturated rings. The molecular weight excluding hydrogens is 194 g/mol. The molecule has 1 unspecified atom stereocenters. The highest BCUT2D eigenvalue weighted by molar-refractivity contribution is 7.13. The van der Waals surface area contributed by atoms with Crippen LogP contribution in [-0.2, 0) is 0 Å². The van der Waals surface area contributed by atoms with E-state index in [1.54, 1.807) is 11.3 Å². The Kier molecular flexibility index (Phi) is 4.35. The van der Waals surface area contributed by atoms with Gasteiger partial charge in [-0.3, -0.25) is 0 Å². The number of rotatable bonds is 5. The van der Waals surface area contributed by atoms with Gasteiger partial charge in [0.2, 0.25) is 0 Å². The van der Waals surface area contributed by atoms with Crippen LogP contribution in [0.5, 0.6) is 0 Å². The van der Waals surface area contributed by atoms with Crippen LogP contribution in [0.1, 0.15) is 32.0 Å². The predicted octanol–water partition coefficient (Wildman–Crippen LogP) is 2.27. The van der Waals surface area contributed by atoms with Crippen molar-refractivity contribution in [2.24, 2.45) is 0 Å². The molecule has 0 aliphatic carbocycles. The zero-order chi connectivity index (χ0) is 10.6. The van der Waals surface area contributed by atoms with Crippen LogP contribution in [0, 0.1) is 0 Å². The first kappa shape index (κ1) is 11.5. The van der Waals surface area contributed by atoms with E-state index in [1.807, 2.05) is 7.05 Å². The van der Waals surface area contributed by atoms with Gasteiger partial charge in [0.05, 0.1) is 5.69 Å². The standard InChI is InChI=1S/C10H19N3S/c1-5-6-13(4)10-12-9(7-14-10)8(2)11-3/h7-8,11H,5-6H2,1-4H3. The number of hydrogen-bond acceptors (Lipinski definition) is 4. The van der Waals surface area contributed by atoms with Gasteiger partial charge in [0.1, 0.15) is 0 Å². The highest BCUT2D eigenvalue weighted by Crippen LogP contribution is 2.22. The van der Waals surface area contributed by atoms with E-state index in [2.05, 4.69) is 41.5 Å². The number of aromatic nitrogens is 1. The zero-order valence-corrected chi connectivity index (χ0v) is 10.2. The molecule has 0 aromatic carbocycles. The lowest BCUT2D eigenvalue weighted by molar-refractivity contribution is 0.636. The lowest BCUT2D eigenvalue weighted by Gasteiger charge is -2.14. The molecule has 1 heterocycles. The SMILES string of the molecule is CCCN(C)c1nc(C(C)NC)cs1. The highest BCUT2D eigenvalue weighted by atomic mass is 32.1. The Balaban J connectivity index is 2.67. The fourth-order valence-corrected chi connectivity index (χ4v) is 2.14. The Morgan fingerprint density at radius 2 is 2.36 bits per heavy atom. The lowest BCUT2D eigenvalue weighted by Crippen LogP contribution is -2.18. The molecule has 1 atom stereocenters. The fraction of sp³-hybridized carbons (Fsp3) is 0.700. The molecule has 14 heavy (non-hydrogen) atoms. The summed E-state index contributed by atoms with van der Waals surface area (Å²) in [6.07, 6.45) is 1.16. The van der Waals surface area contributed by atoms with Crippen LogP contribution in [0.4, 0.5) is 5.13 Å². The lowest BCUT2D eigenvalue weighted by atomic mass is 10.3. The maximum atomic E-state index is 4.58. The molecule has 0 aliphatic rings. The van der Waals surface area contributed by atoms with Crippen LogP contribution >= 0.6 is 11.3 Å². The molecular formula is C10H19N3S. The summed E-state index contributed by atoms with van der Waals surface area (Å²) in [6.45, 7) is 5.38. The van der Waals surface area contributed by atoms with Gasteiger partial charge < -0.3 is 10.2 Å². The molecule has 0 bridgehead atoms. The minimum absolute atomic E-state index is 0.343. The van der Waals surface area contributed by atoms with Crippen LogP contribution in [0.15, 0.2) is 5.38 Å².